The maximum absolute atomic E-state index is 12.1. The van der Waals surface area contributed by atoms with Gasteiger partial charge in [0.1, 0.15) is 0 Å². The van der Waals surface area contributed by atoms with E-state index in [9.17, 15) is 14.9 Å². The van der Waals surface area contributed by atoms with Crippen LogP contribution in [0.25, 0.3) is 0 Å². The third-order valence-electron chi connectivity index (χ3n) is 3.45. The summed E-state index contributed by atoms with van der Waals surface area (Å²) in [4.78, 5) is 22.2. The Labute approximate surface area is 129 Å². The molecule has 0 aromatic heterocycles. The van der Waals surface area contributed by atoms with Crippen molar-refractivity contribution < 1.29 is 9.72 Å². The zero-order valence-electron chi connectivity index (χ0n) is 12.4. The second-order valence-electron chi connectivity index (χ2n) is 5.23. The van der Waals surface area contributed by atoms with E-state index in [0.29, 0.717) is 13.0 Å². The van der Waals surface area contributed by atoms with Crippen molar-refractivity contribution in [3.05, 3.63) is 75.8 Å². The Kier molecular flexibility index (Phi) is 5.25. The zero-order valence-corrected chi connectivity index (χ0v) is 12.4. The topological polar surface area (TPSA) is 72.2 Å². The van der Waals surface area contributed by atoms with E-state index in [1.807, 2.05) is 37.3 Å². The summed E-state index contributed by atoms with van der Waals surface area (Å²) in [7, 11) is 0. The molecule has 2 aromatic rings. The zero-order chi connectivity index (χ0) is 15.9. The SMILES string of the molecule is C[C@H](Cc1ccc([N+](=O)[O-])cc1)C(=O)NCc1ccccc1. The third kappa shape index (κ3) is 4.41. The molecule has 0 spiro atoms. The van der Waals surface area contributed by atoms with Crippen LogP contribution in [-0.2, 0) is 17.8 Å². The van der Waals surface area contributed by atoms with Gasteiger partial charge in [0.15, 0.2) is 0 Å². The Hall–Kier alpha value is -2.69. The Morgan fingerprint density at radius 3 is 2.32 bits per heavy atom. The molecular weight excluding hydrogens is 280 g/mol. The lowest BCUT2D eigenvalue weighted by Crippen LogP contribution is -2.29. The molecule has 1 N–H and O–H groups in total. The van der Waals surface area contributed by atoms with Gasteiger partial charge in [0.25, 0.3) is 5.69 Å². The van der Waals surface area contributed by atoms with Crippen LogP contribution in [0.4, 0.5) is 5.69 Å². The Morgan fingerprint density at radius 2 is 1.73 bits per heavy atom. The minimum atomic E-state index is -0.431. The molecule has 0 aliphatic carbocycles. The molecule has 1 atom stereocenters. The number of carbonyl (C=O) groups excluding carboxylic acids is 1. The van der Waals surface area contributed by atoms with Crippen molar-refractivity contribution >= 4 is 11.6 Å². The van der Waals surface area contributed by atoms with E-state index < -0.39 is 4.92 Å². The second-order valence-corrected chi connectivity index (χ2v) is 5.23. The van der Waals surface area contributed by atoms with Crippen LogP contribution in [0.15, 0.2) is 54.6 Å². The van der Waals surface area contributed by atoms with Crippen molar-refractivity contribution in [3.8, 4) is 0 Å². The number of hydrogen-bond acceptors (Lipinski definition) is 3. The summed E-state index contributed by atoms with van der Waals surface area (Å²) in [5, 5.41) is 13.5. The summed E-state index contributed by atoms with van der Waals surface area (Å²) in [6.45, 7) is 2.35. The monoisotopic (exact) mass is 298 g/mol. The van der Waals surface area contributed by atoms with Crippen molar-refractivity contribution in [2.45, 2.75) is 19.9 Å². The number of benzene rings is 2. The summed E-state index contributed by atoms with van der Waals surface area (Å²) < 4.78 is 0. The molecular formula is C17H18N2O3. The fourth-order valence-corrected chi connectivity index (χ4v) is 2.16. The lowest BCUT2D eigenvalue weighted by Gasteiger charge is -2.12. The fourth-order valence-electron chi connectivity index (χ4n) is 2.16. The molecule has 0 radical (unpaired) electrons. The number of nitrogens with zero attached hydrogens (tertiary/aromatic N) is 1. The summed E-state index contributed by atoms with van der Waals surface area (Å²) >= 11 is 0. The molecule has 5 heteroatoms. The maximum Gasteiger partial charge on any atom is 0.269 e. The van der Waals surface area contributed by atoms with Gasteiger partial charge in [0, 0.05) is 24.6 Å². The van der Waals surface area contributed by atoms with Crippen LogP contribution in [-0.4, -0.2) is 10.8 Å². The molecule has 0 saturated heterocycles. The van der Waals surface area contributed by atoms with E-state index in [2.05, 4.69) is 5.32 Å². The average molecular weight is 298 g/mol. The van der Waals surface area contributed by atoms with Crippen LogP contribution < -0.4 is 5.32 Å². The molecule has 1 amide bonds. The first-order valence-electron chi connectivity index (χ1n) is 7.11. The quantitative estimate of drug-likeness (QED) is 0.658. The van der Waals surface area contributed by atoms with E-state index >= 15 is 0 Å². The Bertz CT molecular complexity index is 639. The normalized spacial score (nSPS) is 11.7. The third-order valence-corrected chi connectivity index (χ3v) is 3.45. The number of carbonyl (C=O) groups is 1. The first kappa shape index (κ1) is 15.7. The van der Waals surface area contributed by atoms with E-state index in [4.69, 9.17) is 0 Å². The summed E-state index contributed by atoms with van der Waals surface area (Å²) in [6.07, 6.45) is 0.554. The van der Waals surface area contributed by atoms with Gasteiger partial charge in [-0.25, -0.2) is 0 Å². The summed E-state index contributed by atoms with van der Waals surface area (Å²) in [6, 6.07) is 16.0. The van der Waals surface area contributed by atoms with E-state index in [0.717, 1.165) is 11.1 Å². The van der Waals surface area contributed by atoms with Gasteiger partial charge < -0.3 is 5.32 Å². The van der Waals surface area contributed by atoms with Crippen LogP contribution >= 0.6 is 0 Å². The molecule has 22 heavy (non-hydrogen) atoms. The summed E-state index contributed by atoms with van der Waals surface area (Å²) in [5.74, 6) is -0.215. The number of nitrogens with one attached hydrogen (secondary N) is 1. The first-order chi connectivity index (χ1) is 10.6. The van der Waals surface area contributed by atoms with Crippen molar-refractivity contribution in [3.63, 3.8) is 0 Å². The molecule has 0 bridgehead atoms. The van der Waals surface area contributed by atoms with Gasteiger partial charge in [-0.3, -0.25) is 14.9 Å². The highest BCUT2D eigenvalue weighted by atomic mass is 16.6. The second kappa shape index (κ2) is 7.36. The van der Waals surface area contributed by atoms with Gasteiger partial charge in [-0.05, 0) is 17.5 Å². The number of rotatable bonds is 6. The lowest BCUT2D eigenvalue weighted by molar-refractivity contribution is -0.384. The molecule has 2 rings (SSSR count). The van der Waals surface area contributed by atoms with Crippen LogP contribution in [0.3, 0.4) is 0 Å². The lowest BCUT2D eigenvalue weighted by atomic mass is 10.00. The van der Waals surface area contributed by atoms with Crippen LogP contribution in [0.2, 0.25) is 0 Å². The molecule has 0 heterocycles. The van der Waals surface area contributed by atoms with E-state index in [1.54, 1.807) is 12.1 Å². The molecule has 0 aliphatic heterocycles. The van der Waals surface area contributed by atoms with E-state index in [-0.39, 0.29) is 17.5 Å². The van der Waals surface area contributed by atoms with Crippen LogP contribution in [0, 0.1) is 16.0 Å². The highest BCUT2D eigenvalue weighted by Gasteiger charge is 2.14. The van der Waals surface area contributed by atoms with Gasteiger partial charge in [0.2, 0.25) is 5.91 Å². The summed E-state index contributed by atoms with van der Waals surface area (Å²) in [5.41, 5.74) is 2.02. The van der Waals surface area contributed by atoms with Crippen molar-refractivity contribution in [1.29, 1.82) is 0 Å². The minimum absolute atomic E-state index is 0.0257. The smallest absolute Gasteiger partial charge is 0.269 e. The molecule has 0 unspecified atom stereocenters. The first-order valence-corrected chi connectivity index (χ1v) is 7.11. The van der Waals surface area contributed by atoms with E-state index in [1.165, 1.54) is 12.1 Å². The van der Waals surface area contributed by atoms with Gasteiger partial charge in [0.05, 0.1) is 4.92 Å². The number of nitro benzene ring substituents is 1. The number of amides is 1. The highest BCUT2D eigenvalue weighted by molar-refractivity contribution is 5.78. The molecule has 0 saturated carbocycles. The molecule has 2 aromatic carbocycles. The molecule has 114 valence electrons. The Morgan fingerprint density at radius 1 is 1.09 bits per heavy atom. The maximum atomic E-state index is 12.1. The standard InChI is InChI=1S/C17H18N2O3/c1-13(11-14-7-9-16(10-8-14)19(21)22)17(20)18-12-15-5-3-2-4-6-15/h2-10,13H,11-12H2,1H3,(H,18,20)/t13-/m1/s1. The highest BCUT2D eigenvalue weighted by Crippen LogP contribution is 2.15. The van der Waals surface area contributed by atoms with Crippen molar-refractivity contribution in [2.75, 3.05) is 0 Å². The number of non-ortho nitro benzene ring substituents is 1. The van der Waals surface area contributed by atoms with Crippen LogP contribution in [0.1, 0.15) is 18.1 Å². The fraction of sp³-hybridized carbons (Fsp3) is 0.235. The largest absolute Gasteiger partial charge is 0.352 e. The number of hydrogen-bond donors (Lipinski definition) is 1. The van der Waals surface area contributed by atoms with Gasteiger partial charge in [-0.1, -0.05) is 49.4 Å². The molecule has 0 aliphatic rings. The average Bonchev–Trinajstić information content (AvgIpc) is 2.54. The van der Waals surface area contributed by atoms with Crippen LogP contribution in [0.5, 0.6) is 0 Å². The van der Waals surface area contributed by atoms with Gasteiger partial charge >= 0.3 is 0 Å². The predicted octanol–water partition coefficient (Wildman–Crippen LogP) is 3.09. The van der Waals surface area contributed by atoms with Crippen molar-refractivity contribution in [2.24, 2.45) is 5.92 Å². The number of nitro groups is 1. The van der Waals surface area contributed by atoms with Gasteiger partial charge in [-0.2, -0.15) is 0 Å². The Balaban J connectivity index is 1.86. The predicted molar refractivity (Wildman–Crippen MR) is 84.3 cm³/mol. The van der Waals surface area contributed by atoms with Gasteiger partial charge in [-0.15, -0.1) is 0 Å². The molecule has 0 fully saturated rings. The molecule has 5 nitrogen and oxygen atoms in total. The minimum Gasteiger partial charge on any atom is -0.352 e. The van der Waals surface area contributed by atoms with Crippen molar-refractivity contribution in [1.82, 2.24) is 5.32 Å².